The van der Waals surface area contributed by atoms with Gasteiger partial charge in [-0.25, -0.2) is 0 Å². The third-order valence-electron chi connectivity index (χ3n) is 3.20. The average molecular weight is 249 g/mol. The molecule has 1 aliphatic rings. The summed E-state index contributed by atoms with van der Waals surface area (Å²) >= 11 is 0. The number of carboxylic acid groups (broad SMARTS) is 1. The maximum Gasteiger partial charge on any atom is 0.320 e. The number of benzene rings is 1. The Morgan fingerprint density at radius 3 is 2.89 bits per heavy atom. The van der Waals surface area contributed by atoms with Crippen LogP contribution in [0.4, 0.5) is 0 Å². The molecule has 98 valence electrons. The summed E-state index contributed by atoms with van der Waals surface area (Å²) in [6.45, 7) is 2.75. The van der Waals surface area contributed by atoms with Gasteiger partial charge in [0.25, 0.3) is 0 Å². The van der Waals surface area contributed by atoms with Gasteiger partial charge in [0.05, 0.1) is 6.61 Å². The SMILES string of the molecule is CCCOc1ccccc1C1CCC(C(=O)O)N1. The van der Waals surface area contributed by atoms with Gasteiger partial charge >= 0.3 is 5.97 Å². The van der Waals surface area contributed by atoms with Gasteiger partial charge in [0.1, 0.15) is 11.8 Å². The highest BCUT2D eigenvalue weighted by Gasteiger charge is 2.30. The number of hydrogen-bond donors (Lipinski definition) is 2. The molecule has 2 atom stereocenters. The minimum absolute atomic E-state index is 0.0826. The lowest BCUT2D eigenvalue weighted by Crippen LogP contribution is -2.31. The molecule has 1 heterocycles. The van der Waals surface area contributed by atoms with E-state index < -0.39 is 12.0 Å². The molecule has 4 heteroatoms. The molecule has 2 unspecified atom stereocenters. The van der Waals surface area contributed by atoms with Crippen LogP contribution in [0.3, 0.4) is 0 Å². The van der Waals surface area contributed by atoms with Crippen molar-refractivity contribution >= 4 is 5.97 Å². The average Bonchev–Trinajstić information content (AvgIpc) is 2.86. The molecule has 0 aliphatic carbocycles. The first kappa shape index (κ1) is 12.9. The molecule has 1 aromatic carbocycles. The van der Waals surface area contributed by atoms with Crippen LogP contribution in [0.5, 0.6) is 5.75 Å². The highest BCUT2D eigenvalue weighted by Crippen LogP contribution is 2.32. The molecule has 0 aromatic heterocycles. The molecule has 4 nitrogen and oxygen atoms in total. The zero-order valence-electron chi connectivity index (χ0n) is 10.6. The second-order valence-electron chi connectivity index (χ2n) is 4.57. The van der Waals surface area contributed by atoms with Crippen LogP contribution in [0.25, 0.3) is 0 Å². The second kappa shape index (κ2) is 5.87. The lowest BCUT2D eigenvalue weighted by atomic mass is 10.0. The molecule has 1 fully saturated rings. The molecule has 1 saturated heterocycles. The van der Waals surface area contributed by atoms with Gasteiger partial charge in [-0.05, 0) is 25.3 Å². The van der Waals surface area contributed by atoms with Crippen molar-refractivity contribution in [3.8, 4) is 5.75 Å². The van der Waals surface area contributed by atoms with Crippen molar-refractivity contribution in [1.82, 2.24) is 5.32 Å². The zero-order valence-corrected chi connectivity index (χ0v) is 10.6. The van der Waals surface area contributed by atoms with E-state index in [-0.39, 0.29) is 6.04 Å². The quantitative estimate of drug-likeness (QED) is 0.841. The molecule has 1 aromatic rings. The van der Waals surface area contributed by atoms with Crippen LogP contribution in [0.1, 0.15) is 37.8 Å². The number of carbonyl (C=O) groups is 1. The third-order valence-corrected chi connectivity index (χ3v) is 3.20. The summed E-state index contributed by atoms with van der Waals surface area (Å²) in [5.41, 5.74) is 1.06. The number of carboxylic acids is 1. The summed E-state index contributed by atoms with van der Waals surface area (Å²) < 4.78 is 5.71. The first-order chi connectivity index (χ1) is 8.72. The molecule has 0 bridgehead atoms. The smallest absolute Gasteiger partial charge is 0.320 e. The van der Waals surface area contributed by atoms with Crippen LogP contribution in [-0.2, 0) is 4.79 Å². The number of ether oxygens (including phenoxy) is 1. The van der Waals surface area contributed by atoms with Crippen LogP contribution in [-0.4, -0.2) is 23.7 Å². The molecule has 0 spiro atoms. The van der Waals surface area contributed by atoms with Crippen LogP contribution < -0.4 is 10.1 Å². The fraction of sp³-hybridized carbons (Fsp3) is 0.500. The number of aliphatic carboxylic acids is 1. The standard InChI is InChI=1S/C14H19NO3/c1-2-9-18-13-6-4-3-5-10(13)11-7-8-12(15-11)14(16)17/h3-6,11-12,15H,2,7-9H2,1H3,(H,16,17). The summed E-state index contributed by atoms with van der Waals surface area (Å²) in [6.07, 6.45) is 2.47. The molecule has 2 N–H and O–H groups in total. The van der Waals surface area contributed by atoms with Crippen LogP contribution >= 0.6 is 0 Å². The van der Waals surface area contributed by atoms with Crippen molar-refractivity contribution in [2.45, 2.75) is 38.3 Å². The van der Waals surface area contributed by atoms with Gasteiger partial charge in [0.2, 0.25) is 0 Å². The van der Waals surface area contributed by atoms with Gasteiger partial charge < -0.3 is 9.84 Å². The first-order valence-electron chi connectivity index (χ1n) is 6.43. The van der Waals surface area contributed by atoms with E-state index in [1.165, 1.54) is 0 Å². The number of para-hydroxylation sites is 1. The normalized spacial score (nSPS) is 22.9. The monoisotopic (exact) mass is 249 g/mol. The third kappa shape index (κ3) is 2.82. The van der Waals surface area contributed by atoms with Gasteiger partial charge in [0, 0.05) is 11.6 Å². The molecule has 2 rings (SSSR count). The van der Waals surface area contributed by atoms with Crippen molar-refractivity contribution in [2.75, 3.05) is 6.61 Å². The predicted octanol–water partition coefficient (Wildman–Crippen LogP) is 2.35. The van der Waals surface area contributed by atoms with E-state index in [1.54, 1.807) is 0 Å². The Labute approximate surface area is 107 Å². The maximum atomic E-state index is 10.9. The highest BCUT2D eigenvalue weighted by molar-refractivity contribution is 5.74. The predicted molar refractivity (Wildman–Crippen MR) is 68.8 cm³/mol. The van der Waals surface area contributed by atoms with Crippen molar-refractivity contribution in [3.05, 3.63) is 29.8 Å². The Balaban J connectivity index is 2.11. The molecule has 18 heavy (non-hydrogen) atoms. The number of rotatable bonds is 5. The first-order valence-corrected chi connectivity index (χ1v) is 6.43. The summed E-state index contributed by atoms with van der Waals surface area (Å²) in [7, 11) is 0. The van der Waals surface area contributed by atoms with Gasteiger partial charge in [-0.2, -0.15) is 0 Å². The topological polar surface area (TPSA) is 58.6 Å². The van der Waals surface area contributed by atoms with Crippen molar-refractivity contribution in [3.63, 3.8) is 0 Å². The minimum Gasteiger partial charge on any atom is -0.493 e. The molecule has 1 aliphatic heterocycles. The summed E-state index contributed by atoms with van der Waals surface area (Å²) in [6, 6.07) is 7.50. The lowest BCUT2D eigenvalue weighted by molar-refractivity contribution is -0.139. The summed E-state index contributed by atoms with van der Waals surface area (Å²) in [5, 5.41) is 12.1. The Kier molecular flexibility index (Phi) is 4.20. The van der Waals surface area contributed by atoms with Gasteiger partial charge in [-0.1, -0.05) is 25.1 Å². The van der Waals surface area contributed by atoms with Gasteiger partial charge in [0.15, 0.2) is 0 Å². The summed E-state index contributed by atoms with van der Waals surface area (Å²) in [4.78, 5) is 10.9. The summed E-state index contributed by atoms with van der Waals surface area (Å²) in [5.74, 6) is 0.0901. The fourth-order valence-corrected chi connectivity index (χ4v) is 2.29. The number of hydrogen-bond acceptors (Lipinski definition) is 3. The highest BCUT2D eigenvalue weighted by atomic mass is 16.5. The van der Waals surface area contributed by atoms with Crippen LogP contribution in [0.15, 0.2) is 24.3 Å². The second-order valence-corrected chi connectivity index (χ2v) is 4.57. The molecule has 0 radical (unpaired) electrons. The lowest BCUT2D eigenvalue weighted by Gasteiger charge is -2.17. The Bertz CT molecular complexity index is 419. The van der Waals surface area contributed by atoms with Crippen LogP contribution in [0, 0.1) is 0 Å². The van der Waals surface area contributed by atoms with Gasteiger partial charge in [-0.3, -0.25) is 10.1 Å². The Morgan fingerprint density at radius 1 is 1.44 bits per heavy atom. The van der Waals surface area contributed by atoms with Crippen LogP contribution in [0.2, 0.25) is 0 Å². The van der Waals surface area contributed by atoms with Crippen molar-refractivity contribution in [1.29, 1.82) is 0 Å². The Morgan fingerprint density at radius 2 is 2.22 bits per heavy atom. The van der Waals surface area contributed by atoms with Crippen molar-refractivity contribution < 1.29 is 14.6 Å². The molecular weight excluding hydrogens is 230 g/mol. The van der Waals surface area contributed by atoms with Crippen molar-refractivity contribution in [2.24, 2.45) is 0 Å². The van der Waals surface area contributed by atoms with E-state index in [1.807, 2.05) is 24.3 Å². The minimum atomic E-state index is -0.774. The van der Waals surface area contributed by atoms with Gasteiger partial charge in [-0.15, -0.1) is 0 Å². The largest absolute Gasteiger partial charge is 0.493 e. The molecule has 0 saturated carbocycles. The van der Waals surface area contributed by atoms with E-state index in [0.717, 1.165) is 24.2 Å². The zero-order chi connectivity index (χ0) is 13.0. The molecule has 0 amide bonds. The Hall–Kier alpha value is -1.55. The fourth-order valence-electron chi connectivity index (χ4n) is 2.29. The van der Waals surface area contributed by atoms with E-state index in [4.69, 9.17) is 9.84 Å². The van der Waals surface area contributed by atoms with E-state index in [2.05, 4.69) is 12.2 Å². The number of nitrogens with one attached hydrogen (secondary N) is 1. The maximum absolute atomic E-state index is 10.9. The van der Waals surface area contributed by atoms with E-state index >= 15 is 0 Å². The van der Waals surface area contributed by atoms with E-state index in [9.17, 15) is 4.79 Å². The molecular formula is C14H19NO3. The van der Waals surface area contributed by atoms with E-state index in [0.29, 0.717) is 13.0 Å².